The standard InChI is InChI=1S/C13H29NOS/c1-4-5-6-11-16-12-9-14-8-7-10-15-13(2)3/h13-14H,4-12H2,1-3H3. The van der Waals surface area contributed by atoms with Gasteiger partial charge in [-0.1, -0.05) is 19.8 Å². The predicted molar refractivity (Wildman–Crippen MR) is 75.4 cm³/mol. The average Bonchev–Trinajstić information content (AvgIpc) is 2.25. The Kier molecular flexibility index (Phi) is 13.6. The van der Waals surface area contributed by atoms with Crippen LogP contribution in [0.3, 0.4) is 0 Å². The molecule has 0 atom stereocenters. The summed E-state index contributed by atoms with van der Waals surface area (Å²) >= 11 is 2.07. The van der Waals surface area contributed by atoms with Crippen molar-refractivity contribution < 1.29 is 4.74 Å². The molecular formula is C13H29NOS. The lowest BCUT2D eigenvalue weighted by Crippen LogP contribution is -2.20. The minimum atomic E-state index is 0.370. The molecule has 0 rings (SSSR count). The number of ether oxygens (including phenoxy) is 1. The van der Waals surface area contributed by atoms with E-state index in [0.29, 0.717) is 6.10 Å². The second-order valence-corrected chi connectivity index (χ2v) is 5.57. The normalized spacial score (nSPS) is 11.2. The van der Waals surface area contributed by atoms with Gasteiger partial charge in [-0.2, -0.15) is 11.8 Å². The van der Waals surface area contributed by atoms with Crippen molar-refractivity contribution in [2.24, 2.45) is 0 Å². The van der Waals surface area contributed by atoms with Gasteiger partial charge in [-0.3, -0.25) is 0 Å². The molecule has 3 heteroatoms. The van der Waals surface area contributed by atoms with Crippen molar-refractivity contribution in [2.75, 3.05) is 31.2 Å². The van der Waals surface area contributed by atoms with Gasteiger partial charge < -0.3 is 10.1 Å². The van der Waals surface area contributed by atoms with Crippen molar-refractivity contribution in [3.8, 4) is 0 Å². The summed E-state index contributed by atoms with van der Waals surface area (Å²) in [4.78, 5) is 0. The molecule has 0 amide bonds. The smallest absolute Gasteiger partial charge is 0.0518 e. The zero-order valence-corrected chi connectivity index (χ0v) is 12.1. The molecule has 0 aromatic carbocycles. The van der Waals surface area contributed by atoms with E-state index in [1.807, 2.05) is 0 Å². The third kappa shape index (κ3) is 14.3. The molecule has 0 aliphatic carbocycles. The number of nitrogens with one attached hydrogen (secondary N) is 1. The summed E-state index contributed by atoms with van der Waals surface area (Å²) in [5, 5.41) is 3.45. The van der Waals surface area contributed by atoms with Gasteiger partial charge in [0.15, 0.2) is 0 Å². The van der Waals surface area contributed by atoms with Gasteiger partial charge in [0, 0.05) is 18.9 Å². The highest BCUT2D eigenvalue weighted by Gasteiger charge is 1.93. The molecule has 0 unspecified atom stereocenters. The highest BCUT2D eigenvalue weighted by molar-refractivity contribution is 7.99. The summed E-state index contributed by atoms with van der Waals surface area (Å²) in [6.07, 6.45) is 5.58. The topological polar surface area (TPSA) is 21.3 Å². The van der Waals surface area contributed by atoms with Crippen LogP contribution < -0.4 is 5.32 Å². The summed E-state index contributed by atoms with van der Waals surface area (Å²) in [5.41, 5.74) is 0. The molecule has 0 fully saturated rings. The van der Waals surface area contributed by atoms with E-state index in [1.54, 1.807) is 0 Å². The Morgan fingerprint density at radius 2 is 1.88 bits per heavy atom. The van der Waals surface area contributed by atoms with Crippen LogP contribution in [0.15, 0.2) is 0 Å². The number of hydrogen-bond acceptors (Lipinski definition) is 3. The van der Waals surface area contributed by atoms with Crippen LogP contribution in [0.5, 0.6) is 0 Å². The van der Waals surface area contributed by atoms with E-state index in [1.165, 1.54) is 30.8 Å². The third-order valence-electron chi connectivity index (χ3n) is 2.26. The average molecular weight is 247 g/mol. The van der Waals surface area contributed by atoms with Gasteiger partial charge in [0.25, 0.3) is 0 Å². The van der Waals surface area contributed by atoms with E-state index in [4.69, 9.17) is 4.74 Å². The van der Waals surface area contributed by atoms with E-state index in [0.717, 1.165) is 26.1 Å². The fraction of sp³-hybridized carbons (Fsp3) is 1.00. The van der Waals surface area contributed by atoms with Crippen LogP contribution in [0.1, 0.15) is 46.5 Å². The molecule has 0 aromatic heterocycles. The van der Waals surface area contributed by atoms with Gasteiger partial charge in [-0.25, -0.2) is 0 Å². The second kappa shape index (κ2) is 13.3. The van der Waals surface area contributed by atoms with Crippen molar-refractivity contribution in [3.05, 3.63) is 0 Å². The Morgan fingerprint density at radius 3 is 2.56 bits per heavy atom. The molecule has 0 spiro atoms. The van der Waals surface area contributed by atoms with Gasteiger partial charge in [0.2, 0.25) is 0 Å². The zero-order chi connectivity index (χ0) is 12.1. The minimum absolute atomic E-state index is 0.370. The van der Waals surface area contributed by atoms with Crippen LogP contribution >= 0.6 is 11.8 Å². The molecule has 0 aromatic rings. The fourth-order valence-corrected chi connectivity index (χ4v) is 2.24. The Hall–Kier alpha value is 0.270. The molecule has 2 nitrogen and oxygen atoms in total. The van der Waals surface area contributed by atoms with Crippen LogP contribution in [0.25, 0.3) is 0 Å². The zero-order valence-electron chi connectivity index (χ0n) is 11.3. The summed E-state index contributed by atoms with van der Waals surface area (Å²) in [6.45, 7) is 9.53. The van der Waals surface area contributed by atoms with E-state index in [-0.39, 0.29) is 0 Å². The quantitative estimate of drug-likeness (QED) is 0.535. The molecule has 1 N–H and O–H groups in total. The second-order valence-electron chi connectivity index (χ2n) is 4.34. The maximum Gasteiger partial charge on any atom is 0.0518 e. The summed E-state index contributed by atoms with van der Waals surface area (Å²) in [5.74, 6) is 2.57. The SMILES string of the molecule is CCCCCSCCNCCCOC(C)C. The lowest BCUT2D eigenvalue weighted by atomic mass is 10.3. The van der Waals surface area contributed by atoms with Gasteiger partial charge >= 0.3 is 0 Å². The summed E-state index contributed by atoms with van der Waals surface area (Å²) < 4.78 is 5.47. The number of unbranched alkanes of at least 4 members (excludes halogenated alkanes) is 2. The predicted octanol–water partition coefficient (Wildman–Crippen LogP) is 3.31. The Morgan fingerprint density at radius 1 is 1.06 bits per heavy atom. The molecule has 0 bridgehead atoms. The lowest BCUT2D eigenvalue weighted by Gasteiger charge is -2.08. The molecule has 0 aliphatic heterocycles. The highest BCUT2D eigenvalue weighted by Crippen LogP contribution is 2.04. The summed E-state index contributed by atoms with van der Waals surface area (Å²) in [6, 6.07) is 0. The first kappa shape index (κ1) is 16.3. The van der Waals surface area contributed by atoms with Gasteiger partial charge in [-0.15, -0.1) is 0 Å². The van der Waals surface area contributed by atoms with Gasteiger partial charge in [-0.05, 0) is 39.0 Å². The van der Waals surface area contributed by atoms with E-state index >= 15 is 0 Å². The third-order valence-corrected chi connectivity index (χ3v) is 3.33. The Bertz CT molecular complexity index is 131. The largest absolute Gasteiger partial charge is 0.379 e. The maximum atomic E-state index is 5.47. The number of rotatable bonds is 12. The maximum absolute atomic E-state index is 5.47. The monoisotopic (exact) mass is 247 g/mol. The highest BCUT2D eigenvalue weighted by atomic mass is 32.2. The molecule has 0 saturated carbocycles. The molecule has 16 heavy (non-hydrogen) atoms. The van der Waals surface area contributed by atoms with Crippen LogP contribution in [0.2, 0.25) is 0 Å². The van der Waals surface area contributed by atoms with Gasteiger partial charge in [0.05, 0.1) is 6.10 Å². The molecule has 98 valence electrons. The van der Waals surface area contributed by atoms with Crippen LogP contribution in [-0.4, -0.2) is 37.3 Å². The first-order valence-electron chi connectivity index (χ1n) is 6.67. The fourth-order valence-electron chi connectivity index (χ4n) is 1.34. The van der Waals surface area contributed by atoms with E-state index < -0.39 is 0 Å². The lowest BCUT2D eigenvalue weighted by molar-refractivity contribution is 0.0772. The van der Waals surface area contributed by atoms with Crippen LogP contribution in [0.4, 0.5) is 0 Å². The van der Waals surface area contributed by atoms with Crippen molar-refractivity contribution >= 4 is 11.8 Å². The van der Waals surface area contributed by atoms with Crippen molar-refractivity contribution in [2.45, 2.75) is 52.6 Å². The Labute approximate surface area is 106 Å². The molecule has 0 radical (unpaired) electrons. The molecule has 0 heterocycles. The van der Waals surface area contributed by atoms with Crippen LogP contribution in [-0.2, 0) is 4.74 Å². The van der Waals surface area contributed by atoms with Crippen molar-refractivity contribution in [1.29, 1.82) is 0 Å². The van der Waals surface area contributed by atoms with E-state index in [2.05, 4.69) is 37.8 Å². The molecular weight excluding hydrogens is 218 g/mol. The summed E-state index contributed by atoms with van der Waals surface area (Å²) in [7, 11) is 0. The Balaban J connectivity index is 2.88. The van der Waals surface area contributed by atoms with Crippen molar-refractivity contribution in [1.82, 2.24) is 5.32 Å². The van der Waals surface area contributed by atoms with Crippen LogP contribution in [0, 0.1) is 0 Å². The first-order chi connectivity index (χ1) is 7.77. The van der Waals surface area contributed by atoms with Gasteiger partial charge in [0.1, 0.15) is 0 Å². The number of thioether (sulfide) groups is 1. The minimum Gasteiger partial charge on any atom is -0.379 e. The molecule has 0 aliphatic rings. The molecule has 0 saturated heterocycles. The number of hydrogen-bond donors (Lipinski definition) is 1. The van der Waals surface area contributed by atoms with E-state index in [9.17, 15) is 0 Å². The first-order valence-corrected chi connectivity index (χ1v) is 7.83. The van der Waals surface area contributed by atoms with Crippen molar-refractivity contribution in [3.63, 3.8) is 0 Å².